The number of hydrogen-bond acceptors (Lipinski definition) is 4. The molecular weight excluding hydrogens is 406 g/mol. The number of fused-ring (bicyclic) bond motifs is 1. The quantitative estimate of drug-likeness (QED) is 0.427. The summed E-state index contributed by atoms with van der Waals surface area (Å²) in [6.07, 6.45) is 0.906. The Morgan fingerprint density at radius 3 is 2.52 bits per heavy atom. The number of para-hydroxylation sites is 2. The van der Waals surface area contributed by atoms with Crippen molar-refractivity contribution in [2.45, 2.75) is 44.1 Å². The molecule has 2 aromatic carbocycles. The summed E-state index contributed by atoms with van der Waals surface area (Å²) in [5.41, 5.74) is 5.87. The van der Waals surface area contributed by atoms with E-state index in [1.54, 1.807) is 4.68 Å². The molecule has 1 atom stereocenters. The van der Waals surface area contributed by atoms with Gasteiger partial charge in [-0.25, -0.2) is 4.98 Å². The summed E-state index contributed by atoms with van der Waals surface area (Å²) in [4.78, 5) is 17.8. The van der Waals surface area contributed by atoms with Gasteiger partial charge in [0.1, 0.15) is 0 Å². The number of carbonyl (C=O) groups excluding carboxylic acids is 1. The van der Waals surface area contributed by atoms with E-state index in [4.69, 9.17) is 4.98 Å². The van der Waals surface area contributed by atoms with Crippen LogP contribution in [0.4, 0.5) is 5.69 Å². The number of nitrogens with zero attached hydrogens (tertiary/aromatic N) is 4. The molecule has 4 aromatic rings. The summed E-state index contributed by atoms with van der Waals surface area (Å²) >= 11 is 1.49. The van der Waals surface area contributed by atoms with Gasteiger partial charge in [0.2, 0.25) is 5.91 Å². The van der Waals surface area contributed by atoms with E-state index in [-0.39, 0.29) is 11.2 Å². The van der Waals surface area contributed by atoms with Crippen molar-refractivity contribution in [3.63, 3.8) is 0 Å². The van der Waals surface area contributed by atoms with Crippen LogP contribution in [0.3, 0.4) is 0 Å². The number of carbonyl (C=O) groups is 1. The predicted molar refractivity (Wildman–Crippen MR) is 127 cm³/mol. The molecule has 0 aliphatic rings. The average Bonchev–Trinajstić information content (AvgIpc) is 3.23. The highest BCUT2D eigenvalue weighted by Crippen LogP contribution is 2.29. The van der Waals surface area contributed by atoms with Crippen molar-refractivity contribution in [2.24, 2.45) is 7.05 Å². The fraction of sp³-hybridized carbons (Fsp3) is 0.292. The Kier molecular flexibility index (Phi) is 6.13. The second-order valence-electron chi connectivity index (χ2n) is 7.69. The molecule has 1 amide bonds. The van der Waals surface area contributed by atoms with E-state index in [1.807, 2.05) is 52.1 Å². The van der Waals surface area contributed by atoms with Crippen molar-refractivity contribution < 1.29 is 4.79 Å². The van der Waals surface area contributed by atoms with Crippen molar-refractivity contribution in [3.05, 3.63) is 71.5 Å². The molecule has 2 aromatic heterocycles. The average molecular weight is 434 g/mol. The second-order valence-corrected chi connectivity index (χ2v) is 9.00. The molecule has 7 heteroatoms. The van der Waals surface area contributed by atoms with Crippen molar-refractivity contribution in [2.75, 3.05) is 5.32 Å². The molecule has 0 aliphatic heterocycles. The van der Waals surface area contributed by atoms with E-state index in [1.165, 1.54) is 17.3 Å². The molecule has 1 N–H and O–H groups in total. The molecule has 6 nitrogen and oxygen atoms in total. The smallest absolute Gasteiger partial charge is 0.237 e. The van der Waals surface area contributed by atoms with Crippen molar-refractivity contribution in [1.82, 2.24) is 19.3 Å². The topological polar surface area (TPSA) is 64.7 Å². The minimum atomic E-state index is -0.300. The highest BCUT2D eigenvalue weighted by molar-refractivity contribution is 8.00. The second kappa shape index (κ2) is 8.98. The number of thioether (sulfide) groups is 1. The maximum Gasteiger partial charge on any atom is 0.237 e. The summed E-state index contributed by atoms with van der Waals surface area (Å²) < 4.78 is 4.00. The molecule has 31 heavy (non-hydrogen) atoms. The van der Waals surface area contributed by atoms with Crippen LogP contribution >= 0.6 is 11.8 Å². The van der Waals surface area contributed by atoms with E-state index >= 15 is 0 Å². The van der Waals surface area contributed by atoms with E-state index in [0.29, 0.717) is 0 Å². The number of imidazole rings is 1. The molecule has 2 heterocycles. The zero-order chi connectivity index (χ0) is 22.0. The van der Waals surface area contributed by atoms with E-state index in [9.17, 15) is 4.79 Å². The van der Waals surface area contributed by atoms with Gasteiger partial charge in [-0.05, 0) is 44.9 Å². The molecule has 0 radical (unpaired) electrons. The van der Waals surface area contributed by atoms with Crippen LogP contribution in [0.5, 0.6) is 0 Å². The van der Waals surface area contributed by atoms with Crippen LogP contribution in [0.25, 0.3) is 11.0 Å². The maximum absolute atomic E-state index is 12.9. The third kappa shape index (κ3) is 4.51. The van der Waals surface area contributed by atoms with Gasteiger partial charge in [0.25, 0.3) is 0 Å². The monoisotopic (exact) mass is 433 g/mol. The zero-order valence-corrected chi connectivity index (χ0v) is 19.1. The molecule has 0 saturated heterocycles. The predicted octanol–water partition coefficient (Wildman–Crippen LogP) is 4.75. The Hall–Kier alpha value is -3.06. The first-order chi connectivity index (χ1) is 14.9. The van der Waals surface area contributed by atoms with Crippen molar-refractivity contribution in [1.29, 1.82) is 0 Å². The van der Waals surface area contributed by atoms with Crippen LogP contribution in [0.1, 0.15) is 23.9 Å². The molecule has 160 valence electrons. The Morgan fingerprint density at radius 2 is 1.81 bits per heavy atom. The van der Waals surface area contributed by atoms with Gasteiger partial charge < -0.3 is 9.88 Å². The Labute approximate surface area is 186 Å². The molecule has 0 fully saturated rings. The first-order valence-electron chi connectivity index (χ1n) is 10.4. The van der Waals surface area contributed by atoms with Crippen molar-refractivity contribution >= 4 is 34.4 Å². The lowest BCUT2D eigenvalue weighted by Crippen LogP contribution is -2.23. The fourth-order valence-electron chi connectivity index (χ4n) is 3.64. The van der Waals surface area contributed by atoms with Crippen LogP contribution in [0, 0.1) is 13.8 Å². The summed E-state index contributed by atoms with van der Waals surface area (Å²) in [5, 5.41) is 7.99. The number of anilines is 1. The van der Waals surface area contributed by atoms with Crippen LogP contribution in [0.15, 0.2) is 59.8 Å². The van der Waals surface area contributed by atoms with E-state index < -0.39 is 0 Å². The molecule has 1 unspecified atom stereocenters. The lowest BCUT2D eigenvalue weighted by molar-refractivity contribution is -0.115. The third-order valence-electron chi connectivity index (χ3n) is 5.50. The number of benzene rings is 2. The standard InChI is InChI=1S/C24H27N5OS/c1-16-22(17(2)28(4)27-16)26-23(30)18(3)31-24-25-20-12-8-9-13-21(20)29(24)15-14-19-10-6-5-7-11-19/h5-13,18H,14-15H2,1-4H3,(H,26,30). The summed E-state index contributed by atoms with van der Waals surface area (Å²) in [5.74, 6) is -0.0501. The number of hydrogen-bond donors (Lipinski definition) is 1. The fourth-order valence-corrected chi connectivity index (χ4v) is 4.59. The lowest BCUT2D eigenvalue weighted by atomic mass is 10.1. The minimum absolute atomic E-state index is 0.0501. The number of aryl methyl sites for hydroxylation is 4. The van der Waals surface area contributed by atoms with Gasteiger partial charge in [0.05, 0.1) is 33.4 Å². The van der Waals surface area contributed by atoms with Gasteiger partial charge in [0, 0.05) is 13.6 Å². The SMILES string of the molecule is Cc1nn(C)c(C)c1NC(=O)C(C)Sc1nc2ccccc2n1CCc1ccccc1. The number of rotatable bonds is 7. The highest BCUT2D eigenvalue weighted by atomic mass is 32.2. The van der Waals surface area contributed by atoms with E-state index in [2.05, 4.69) is 45.3 Å². The van der Waals surface area contributed by atoms with Gasteiger partial charge in [-0.15, -0.1) is 0 Å². The number of nitrogens with one attached hydrogen (secondary N) is 1. The first kappa shape index (κ1) is 21.2. The van der Waals surface area contributed by atoms with Crippen molar-refractivity contribution in [3.8, 4) is 0 Å². The normalized spacial score (nSPS) is 12.3. The molecular formula is C24H27N5OS. The largest absolute Gasteiger partial charge is 0.322 e. The lowest BCUT2D eigenvalue weighted by Gasteiger charge is -2.14. The zero-order valence-electron chi connectivity index (χ0n) is 18.3. The highest BCUT2D eigenvalue weighted by Gasteiger charge is 2.21. The Balaban J connectivity index is 1.55. The molecule has 0 bridgehead atoms. The third-order valence-corrected chi connectivity index (χ3v) is 6.59. The van der Waals surface area contributed by atoms with Gasteiger partial charge in [-0.1, -0.05) is 54.2 Å². The van der Waals surface area contributed by atoms with Crippen LogP contribution in [-0.4, -0.2) is 30.5 Å². The van der Waals surface area contributed by atoms with Gasteiger partial charge >= 0.3 is 0 Å². The summed E-state index contributed by atoms with van der Waals surface area (Å²) in [6.45, 7) is 6.59. The van der Waals surface area contributed by atoms with Gasteiger partial charge in [-0.3, -0.25) is 9.48 Å². The molecule has 4 rings (SSSR count). The van der Waals surface area contributed by atoms with Gasteiger partial charge in [0.15, 0.2) is 5.16 Å². The molecule has 0 aliphatic carbocycles. The van der Waals surface area contributed by atoms with Crippen LogP contribution in [-0.2, 0) is 24.8 Å². The number of amides is 1. The molecule has 0 spiro atoms. The first-order valence-corrected chi connectivity index (χ1v) is 11.3. The van der Waals surface area contributed by atoms with E-state index in [0.717, 1.165) is 46.2 Å². The van der Waals surface area contributed by atoms with Crippen LogP contribution < -0.4 is 5.32 Å². The summed E-state index contributed by atoms with van der Waals surface area (Å²) in [6, 6.07) is 18.6. The maximum atomic E-state index is 12.9. The minimum Gasteiger partial charge on any atom is -0.322 e. The van der Waals surface area contributed by atoms with Gasteiger partial charge in [-0.2, -0.15) is 5.10 Å². The Bertz CT molecular complexity index is 1210. The molecule has 0 saturated carbocycles. The summed E-state index contributed by atoms with van der Waals surface area (Å²) in [7, 11) is 1.88. The Morgan fingerprint density at radius 1 is 1.10 bits per heavy atom. The number of aromatic nitrogens is 4. The van der Waals surface area contributed by atoms with Crippen LogP contribution in [0.2, 0.25) is 0 Å².